The standard InChI is InChI=1S/C10H13BrN2O2/c1-10(2,15-9(12)14)4-7-3-8(11)6-13-5-7/h3,5-6H,4H2,1-2H3,(H2,12,14). The number of hydrogen-bond acceptors (Lipinski definition) is 3. The lowest BCUT2D eigenvalue weighted by atomic mass is 10.00. The maximum atomic E-state index is 10.6. The molecule has 0 atom stereocenters. The van der Waals surface area contributed by atoms with E-state index < -0.39 is 11.7 Å². The van der Waals surface area contributed by atoms with E-state index in [-0.39, 0.29) is 0 Å². The molecule has 0 aliphatic carbocycles. The van der Waals surface area contributed by atoms with Crippen molar-refractivity contribution in [2.24, 2.45) is 5.73 Å². The number of carbonyl (C=O) groups excluding carboxylic acids is 1. The minimum atomic E-state index is -0.761. The van der Waals surface area contributed by atoms with Crippen LogP contribution in [0.3, 0.4) is 0 Å². The fraction of sp³-hybridized carbons (Fsp3) is 0.400. The summed E-state index contributed by atoms with van der Waals surface area (Å²) in [6, 6.07) is 1.93. The molecule has 0 saturated carbocycles. The van der Waals surface area contributed by atoms with Gasteiger partial charge in [-0.3, -0.25) is 4.98 Å². The van der Waals surface area contributed by atoms with E-state index in [9.17, 15) is 4.79 Å². The van der Waals surface area contributed by atoms with Crippen molar-refractivity contribution in [3.63, 3.8) is 0 Å². The molecule has 0 radical (unpaired) electrons. The molecule has 15 heavy (non-hydrogen) atoms. The van der Waals surface area contributed by atoms with E-state index in [1.807, 2.05) is 6.07 Å². The molecule has 0 spiro atoms. The van der Waals surface area contributed by atoms with Crippen molar-refractivity contribution in [2.45, 2.75) is 25.9 Å². The minimum Gasteiger partial charge on any atom is -0.443 e. The van der Waals surface area contributed by atoms with Gasteiger partial charge in [-0.2, -0.15) is 0 Å². The van der Waals surface area contributed by atoms with Crippen molar-refractivity contribution in [3.8, 4) is 0 Å². The third-order valence-corrected chi connectivity index (χ3v) is 2.20. The molecule has 2 N–H and O–H groups in total. The number of nitrogens with two attached hydrogens (primary N) is 1. The van der Waals surface area contributed by atoms with Crippen LogP contribution in [0.25, 0.3) is 0 Å². The lowest BCUT2D eigenvalue weighted by molar-refractivity contribution is 0.0460. The van der Waals surface area contributed by atoms with Crippen LogP contribution in [0.1, 0.15) is 19.4 Å². The average Bonchev–Trinajstić information content (AvgIpc) is 1.99. The molecule has 0 bridgehead atoms. The second-order valence-corrected chi connectivity index (χ2v) is 4.78. The lowest BCUT2D eigenvalue weighted by Crippen LogP contribution is -2.33. The Kier molecular flexibility index (Phi) is 3.68. The second-order valence-electron chi connectivity index (χ2n) is 3.87. The Bertz CT molecular complexity index is 366. The van der Waals surface area contributed by atoms with Gasteiger partial charge in [0.2, 0.25) is 0 Å². The molecular formula is C10H13BrN2O2. The Balaban J connectivity index is 2.72. The van der Waals surface area contributed by atoms with Crippen LogP contribution in [0.15, 0.2) is 22.9 Å². The van der Waals surface area contributed by atoms with Crippen LogP contribution in [-0.2, 0) is 11.2 Å². The number of amides is 1. The van der Waals surface area contributed by atoms with E-state index in [0.717, 1.165) is 10.0 Å². The van der Waals surface area contributed by atoms with Gasteiger partial charge in [0.05, 0.1) is 0 Å². The summed E-state index contributed by atoms with van der Waals surface area (Å²) >= 11 is 3.33. The molecule has 1 amide bonds. The summed E-state index contributed by atoms with van der Waals surface area (Å²) in [4.78, 5) is 14.7. The average molecular weight is 273 g/mol. The lowest BCUT2D eigenvalue weighted by Gasteiger charge is -2.23. The van der Waals surface area contributed by atoms with Crippen LogP contribution < -0.4 is 5.73 Å². The number of halogens is 1. The molecule has 0 fully saturated rings. The molecule has 1 aromatic rings. The first-order valence-electron chi connectivity index (χ1n) is 4.47. The van der Waals surface area contributed by atoms with Crippen molar-refractivity contribution in [3.05, 3.63) is 28.5 Å². The zero-order valence-corrected chi connectivity index (χ0v) is 10.2. The second kappa shape index (κ2) is 4.61. The van der Waals surface area contributed by atoms with Crippen LogP contribution in [0.5, 0.6) is 0 Å². The van der Waals surface area contributed by atoms with Crippen LogP contribution in [0.4, 0.5) is 4.79 Å². The van der Waals surface area contributed by atoms with Crippen LogP contribution in [-0.4, -0.2) is 16.7 Å². The third-order valence-electron chi connectivity index (χ3n) is 1.77. The van der Waals surface area contributed by atoms with Crippen molar-refractivity contribution in [1.82, 2.24) is 4.98 Å². The van der Waals surface area contributed by atoms with Crippen LogP contribution in [0, 0.1) is 0 Å². The maximum absolute atomic E-state index is 10.6. The molecule has 1 rings (SSSR count). The fourth-order valence-electron chi connectivity index (χ4n) is 1.35. The number of rotatable bonds is 3. The van der Waals surface area contributed by atoms with Gasteiger partial charge in [-0.15, -0.1) is 0 Å². The number of aromatic nitrogens is 1. The van der Waals surface area contributed by atoms with Crippen molar-refractivity contribution in [2.75, 3.05) is 0 Å². The first-order valence-corrected chi connectivity index (χ1v) is 5.26. The molecule has 1 aromatic heterocycles. The Morgan fingerprint density at radius 1 is 1.60 bits per heavy atom. The summed E-state index contributed by atoms with van der Waals surface area (Å²) in [6.45, 7) is 3.61. The smallest absolute Gasteiger partial charge is 0.405 e. The number of primary amides is 1. The van der Waals surface area contributed by atoms with Gasteiger partial charge in [0.25, 0.3) is 0 Å². The largest absolute Gasteiger partial charge is 0.443 e. The molecular weight excluding hydrogens is 260 g/mol. The molecule has 1 heterocycles. The molecule has 0 saturated heterocycles. The number of ether oxygens (including phenoxy) is 1. The Labute approximate surface area is 97.0 Å². The Morgan fingerprint density at radius 3 is 2.80 bits per heavy atom. The zero-order chi connectivity index (χ0) is 11.5. The molecule has 4 nitrogen and oxygen atoms in total. The predicted molar refractivity (Wildman–Crippen MR) is 60.4 cm³/mol. The van der Waals surface area contributed by atoms with Gasteiger partial charge in [-0.1, -0.05) is 0 Å². The van der Waals surface area contributed by atoms with E-state index in [4.69, 9.17) is 10.5 Å². The van der Waals surface area contributed by atoms with E-state index in [2.05, 4.69) is 20.9 Å². The van der Waals surface area contributed by atoms with Gasteiger partial charge in [0.15, 0.2) is 0 Å². The molecule has 0 aromatic carbocycles. The Hall–Kier alpha value is -1.10. The summed E-state index contributed by atoms with van der Waals surface area (Å²) < 4.78 is 5.88. The van der Waals surface area contributed by atoms with Gasteiger partial charge in [-0.05, 0) is 41.4 Å². The number of carbonyl (C=O) groups is 1. The van der Waals surface area contributed by atoms with Crippen molar-refractivity contribution in [1.29, 1.82) is 0 Å². The van der Waals surface area contributed by atoms with Gasteiger partial charge >= 0.3 is 6.09 Å². The number of pyridine rings is 1. The highest BCUT2D eigenvalue weighted by Crippen LogP contribution is 2.18. The van der Waals surface area contributed by atoms with E-state index in [0.29, 0.717) is 6.42 Å². The van der Waals surface area contributed by atoms with Crippen molar-refractivity contribution >= 4 is 22.0 Å². The highest BCUT2D eigenvalue weighted by Gasteiger charge is 2.22. The van der Waals surface area contributed by atoms with E-state index in [1.165, 1.54) is 0 Å². The topological polar surface area (TPSA) is 65.2 Å². The predicted octanol–water partition coefficient (Wildman–Crippen LogP) is 2.26. The summed E-state index contributed by atoms with van der Waals surface area (Å²) in [5.74, 6) is 0. The summed E-state index contributed by atoms with van der Waals surface area (Å²) in [5, 5.41) is 0. The molecule has 0 aliphatic rings. The summed E-state index contributed by atoms with van der Waals surface area (Å²) in [5.41, 5.74) is 5.34. The molecule has 82 valence electrons. The molecule has 0 unspecified atom stereocenters. The number of nitrogens with zero attached hydrogens (tertiary/aromatic N) is 1. The normalized spacial score (nSPS) is 11.1. The van der Waals surface area contributed by atoms with Gasteiger partial charge in [0, 0.05) is 23.3 Å². The van der Waals surface area contributed by atoms with Gasteiger partial charge < -0.3 is 10.5 Å². The summed E-state index contributed by atoms with van der Waals surface area (Å²) in [6.07, 6.45) is 3.24. The third kappa shape index (κ3) is 4.29. The van der Waals surface area contributed by atoms with Gasteiger partial charge in [0.1, 0.15) is 5.60 Å². The highest BCUT2D eigenvalue weighted by molar-refractivity contribution is 9.10. The molecule has 0 aliphatic heterocycles. The SMILES string of the molecule is CC(C)(Cc1cncc(Br)c1)OC(N)=O. The highest BCUT2D eigenvalue weighted by atomic mass is 79.9. The van der Waals surface area contributed by atoms with E-state index in [1.54, 1.807) is 26.2 Å². The minimum absolute atomic E-state index is 0.572. The molecule has 5 heteroatoms. The zero-order valence-electron chi connectivity index (χ0n) is 8.66. The fourth-order valence-corrected chi connectivity index (χ4v) is 1.76. The van der Waals surface area contributed by atoms with E-state index >= 15 is 0 Å². The maximum Gasteiger partial charge on any atom is 0.405 e. The first kappa shape index (κ1) is 12.0. The Morgan fingerprint density at radius 2 is 2.27 bits per heavy atom. The summed E-state index contributed by atoms with van der Waals surface area (Å²) in [7, 11) is 0. The van der Waals surface area contributed by atoms with Crippen LogP contribution in [0.2, 0.25) is 0 Å². The van der Waals surface area contributed by atoms with Crippen molar-refractivity contribution < 1.29 is 9.53 Å². The first-order chi connectivity index (χ1) is 6.89. The monoisotopic (exact) mass is 272 g/mol. The van der Waals surface area contributed by atoms with Crippen LogP contribution >= 0.6 is 15.9 Å². The van der Waals surface area contributed by atoms with Gasteiger partial charge in [-0.25, -0.2) is 4.79 Å². The quantitative estimate of drug-likeness (QED) is 0.918. The number of hydrogen-bond donors (Lipinski definition) is 1.